The third kappa shape index (κ3) is 3.78. The van der Waals surface area contributed by atoms with Gasteiger partial charge < -0.3 is 19.7 Å². The molecule has 0 amide bonds. The summed E-state index contributed by atoms with van der Waals surface area (Å²) in [4.78, 5) is 10.5. The van der Waals surface area contributed by atoms with Gasteiger partial charge in [0.15, 0.2) is 17.4 Å². The Morgan fingerprint density at radius 1 is 1.22 bits per heavy atom. The average Bonchev–Trinajstić information content (AvgIpc) is 3.25. The number of ether oxygens (including phenoxy) is 2. The fraction of sp³-hybridized carbons (Fsp3) is 0.360. The normalized spacial score (nSPS) is 20.5. The van der Waals surface area contributed by atoms with Crippen LogP contribution in [0.1, 0.15) is 23.5 Å². The van der Waals surface area contributed by atoms with Crippen LogP contribution in [0.2, 0.25) is 0 Å². The van der Waals surface area contributed by atoms with Crippen LogP contribution in [0.5, 0.6) is 11.6 Å². The van der Waals surface area contributed by atoms with Crippen molar-refractivity contribution in [3.63, 3.8) is 0 Å². The van der Waals surface area contributed by atoms with Crippen LogP contribution in [0.15, 0.2) is 30.8 Å². The van der Waals surface area contributed by atoms with Gasteiger partial charge in [0.25, 0.3) is 6.43 Å². The van der Waals surface area contributed by atoms with E-state index in [1.165, 1.54) is 19.2 Å². The van der Waals surface area contributed by atoms with Gasteiger partial charge in [-0.2, -0.15) is 0 Å². The summed E-state index contributed by atoms with van der Waals surface area (Å²) in [6.45, 7) is 7.41. The van der Waals surface area contributed by atoms with Crippen molar-refractivity contribution in [2.75, 3.05) is 30.4 Å². The van der Waals surface area contributed by atoms with Crippen LogP contribution in [0.3, 0.4) is 0 Å². The van der Waals surface area contributed by atoms with Crippen molar-refractivity contribution >= 4 is 17.6 Å². The maximum Gasteiger partial charge on any atom is 0.263 e. The van der Waals surface area contributed by atoms with Gasteiger partial charge in [0.1, 0.15) is 17.3 Å². The largest absolute Gasteiger partial charge is 0.493 e. The Kier molecular flexibility index (Phi) is 5.93. The Labute approximate surface area is 206 Å². The van der Waals surface area contributed by atoms with Gasteiger partial charge in [0.05, 0.1) is 36.4 Å². The van der Waals surface area contributed by atoms with Crippen LogP contribution in [0.25, 0.3) is 17.3 Å². The molecule has 0 spiro atoms. The number of anilines is 2. The van der Waals surface area contributed by atoms with Crippen molar-refractivity contribution in [1.82, 2.24) is 20.2 Å². The molecular weight excluding hydrogens is 473 g/mol. The minimum Gasteiger partial charge on any atom is -0.493 e. The molecule has 0 radical (unpaired) electrons. The van der Waals surface area contributed by atoms with Crippen molar-refractivity contribution in [3.05, 3.63) is 53.7 Å². The molecular formula is C25H25F3N6O2. The molecule has 0 aliphatic carbocycles. The van der Waals surface area contributed by atoms with Gasteiger partial charge in [-0.15, -0.1) is 10.2 Å². The zero-order valence-electron chi connectivity index (χ0n) is 20.1. The number of nitrogens with zero attached hydrogens (tertiary/aromatic N) is 5. The monoisotopic (exact) mass is 498 g/mol. The lowest BCUT2D eigenvalue weighted by molar-refractivity contribution is 0.0527. The number of aromatic nitrogens is 4. The van der Waals surface area contributed by atoms with Gasteiger partial charge in [-0.25, -0.2) is 23.1 Å². The number of alkyl halides is 2. The summed E-state index contributed by atoms with van der Waals surface area (Å²) in [7, 11) is 1.35. The summed E-state index contributed by atoms with van der Waals surface area (Å²) in [5, 5.41) is 11.4. The first kappa shape index (κ1) is 23.8. The second-order valence-corrected chi connectivity index (χ2v) is 8.89. The molecule has 0 bridgehead atoms. The van der Waals surface area contributed by atoms with E-state index in [1.54, 1.807) is 37.0 Å². The van der Waals surface area contributed by atoms with Crippen molar-refractivity contribution < 1.29 is 22.6 Å². The molecule has 0 saturated carbocycles. The summed E-state index contributed by atoms with van der Waals surface area (Å²) in [6.07, 6.45) is -1.59. The van der Waals surface area contributed by atoms with E-state index < -0.39 is 23.9 Å². The average molecular weight is 499 g/mol. The summed E-state index contributed by atoms with van der Waals surface area (Å²) >= 11 is 0. The smallest absolute Gasteiger partial charge is 0.263 e. The van der Waals surface area contributed by atoms with Crippen LogP contribution >= 0.6 is 0 Å². The number of aryl methyl sites for hydroxylation is 2. The molecule has 2 aliphatic heterocycles. The molecule has 5 rings (SSSR count). The number of para-hydroxylation sites is 1. The highest BCUT2D eigenvalue weighted by molar-refractivity contribution is 5.78. The molecule has 3 aromatic rings. The van der Waals surface area contributed by atoms with E-state index in [-0.39, 0.29) is 25.3 Å². The van der Waals surface area contributed by atoms with Crippen molar-refractivity contribution in [2.45, 2.75) is 38.3 Å². The first-order chi connectivity index (χ1) is 17.3. The SMILES string of the molecule is C=Cc1nc(C)c(OC2CN3c4cc(-c5cccc(F)c5OC)nnc4NCC3(C(F)F)C2)nc1C. The highest BCUT2D eigenvalue weighted by Gasteiger charge is 2.56. The molecule has 1 N–H and O–H groups in total. The second kappa shape index (κ2) is 8.96. The Morgan fingerprint density at radius 2 is 2.03 bits per heavy atom. The fourth-order valence-corrected chi connectivity index (χ4v) is 4.89. The van der Waals surface area contributed by atoms with E-state index in [4.69, 9.17) is 9.47 Å². The van der Waals surface area contributed by atoms with Gasteiger partial charge >= 0.3 is 0 Å². The lowest BCUT2D eigenvalue weighted by Crippen LogP contribution is -2.57. The van der Waals surface area contributed by atoms with E-state index in [2.05, 4.69) is 32.1 Å². The van der Waals surface area contributed by atoms with Crippen LogP contribution in [-0.4, -0.2) is 58.4 Å². The predicted molar refractivity (Wildman–Crippen MR) is 129 cm³/mol. The lowest BCUT2D eigenvalue weighted by Gasteiger charge is -2.43. The number of fused-ring (bicyclic) bond motifs is 3. The molecule has 36 heavy (non-hydrogen) atoms. The topological polar surface area (TPSA) is 85.3 Å². The maximum atomic E-state index is 14.6. The standard InChI is InChI=1S/C25H25F3N6O2/c1-5-18-13(2)31-23(14(3)30-18)36-15-10-25(24(27)28)12-29-22-20(34(25)11-15)9-19(32-33-22)16-7-6-8-17(26)21(16)35-4/h5-9,15,24H,1,10-12H2,2-4H3,(H,29,33). The first-order valence-electron chi connectivity index (χ1n) is 11.4. The van der Waals surface area contributed by atoms with Gasteiger partial charge in [0, 0.05) is 18.5 Å². The predicted octanol–water partition coefficient (Wildman–Crippen LogP) is 4.43. The lowest BCUT2D eigenvalue weighted by atomic mass is 9.93. The van der Waals surface area contributed by atoms with E-state index >= 15 is 0 Å². The molecule has 1 aromatic carbocycles. The molecule has 2 aromatic heterocycles. The van der Waals surface area contributed by atoms with Gasteiger partial charge in [-0.05, 0) is 38.1 Å². The Bertz CT molecular complexity index is 1340. The van der Waals surface area contributed by atoms with E-state index in [0.717, 1.165) is 0 Å². The van der Waals surface area contributed by atoms with Crippen molar-refractivity contribution in [3.8, 4) is 22.9 Å². The maximum absolute atomic E-state index is 14.6. The van der Waals surface area contributed by atoms with Crippen LogP contribution < -0.4 is 19.7 Å². The highest BCUT2D eigenvalue weighted by atomic mass is 19.3. The van der Waals surface area contributed by atoms with Gasteiger partial charge in [0.2, 0.25) is 5.88 Å². The molecule has 11 heteroatoms. The number of hydrogen-bond donors (Lipinski definition) is 1. The van der Waals surface area contributed by atoms with Gasteiger partial charge in [-0.1, -0.05) is 12.6 Å². The summed E-state index contributed by atoms with van der Waals surface area (Å²) in [6, 6.07) is 6.06. The number of methoxy groups -OCH3 is 1. The number of benzene rings is 1. The van der Waals surface area contributed by atoms with E-state index in [0.29, 0.717) is 45.7 Å². The van der Waals surface area contributed by atoms with Crippen molar-refractivity contribution in [1.29, 1.82) is 0 Å². The van der Waals surface area contributed by atoms with Gasteiger partial charge in [-0.3, -0.25) is 0 Å². The molecule has 2 aliphatic rings. The number of nitrogens with one attached hydrogen (secondary N) is 1. The van der Waals surface area contributed by atoms with Crippen LogP contribution in [0, 0.1) is 19.7 Å². The zero-order chi connectivity index (χ0) is 25.6. The molecule has 1 fully saturated rings. The third-order valence-corrected chi connectivity index (χ3v) is 6.69. The fourth-order valence-electron chi connectivity index (χ4n) is 4.89. The number of rotatable bonds is 6. The molecule has 188 valence electrons. The van der Waals surface area contributed by atoms with Crippen LogP contribution in [0.4, 0.5) is 24.7 Å². The Morgan fingerprint density at radius 3 is 2.75 bits per heavy atom. The second-order valence-electron chi connectivity index (χ2n) is 8.89. The van der Waals surface area contributed by atoms with E-state index in [9.17, 15) is 13.2 Å². The molecule has 1 saturated heterocycles. The molecule has 2 unspecified atom stereocenters. The summed E-state index contributed by atoms with van der Waals surface area (Å²) in [5.74, 6) is 0.121. The molecule has 2 atom stereocenters. The Balaban J connectivity index is 1.52. The van der Waals surface area contributed by atoms with Crippen LogP contribution in [-0.2, 0) is 0 Å². The molecule has 4 heterocycles. The number of halogens is 3. The highest BCUT2D eigenvalue weighted by Crippen LogP contribution is 2.46. The number of hydrogen-bond acceptors (Lipinski definition) is 8. The van der Waals surface area contributed by atoms with Crippen molar-refractivity contribution in [2.24, 2.45) is 0 Å². The minimum absolute atomic E-state index is 0.00524. The Hall–Kier alpha value is -3.89. The minimum atomic E-state index is -2.68. The zero-order valence-corrected chi connectivity index (χ0v) is 20.1. The summed E-state index contributed by atoms with van der Waals surface area (Å²) in [5.41, 5.74) is 1.42. The first-order valence-corrected chi connectivity index (χ1v) is 11.4. The quantitative estimate of drug-likeness (QED) is 0.535. The van der Waals surface area contributed by atoms with E-state index in [1.807, 2.05) is 0 Å². The third-order valence-electron chi connectivity index (χ3n) is 6.69. The molecule has 8 nitrogen and oxygen atoms in total. The summed E-state index contributed by atoms with van der Waals surface area (Å²) < 4.78 is 54.9.